The normalized spacial score (nSPS) is 15.3. The molecule has 0 spiro atoms. The molecule has 0 radical (unpaired) electrons. The van der Waals surface area contributed by atoms with E-state index < -0.39 is 0 Å². The zero-order chi connectivity index (χ0) is 13.0. The largest absolute Gasteiger partial charge is 0.334 e. The number of hydrogen-bond acceptors (Lipinski definition) is 1. The maximum Gasteiger partial charge on any atom is 0.319 e. The lowest BCUT2D eigenvalue weighted by Gasteiger charge is -2.05. The Morgan fingerprint density at radius 1 is 1.39 bits per heavy atom. The number of amides is 2. The van der Waals surface area contributed by atoms with Crippen molar-refractivity contribution < 1.29 is 9.18 Å². The van der Waals surface area contributed by atoms with Crippen LogP contribution >= 0.6 is 0 Å². The first-order valence-electron chi connectivity index (χ1n) is 6.10. The molecule has 2 amide bonds. The second-order valence-corrected chi connectivity index (χ2v) is 4.62. The van der Waals surface area contributed by atoms with Crippen LogP contribution in [0.3, 0.4) is 0 Å². The topological polar surface area (TPSA) is 41.1 Å². The van der Waals surface area contributed by atoms with E-state index in [0.717, 1.165) is 5.56 Å². The van der Waals surface area contributed by atoms with Crippen LogP contribution in [0.4, 0.5) is 9.18 Å². The summed E-state index contributed by atoms with van der Waals surface area (Å²) in [4.78, 5) is 11.5. The summed E-state index contributed by atoms with van der Waals surface area (Å²) in [6.45, 7) is 2.42. The summed E-state index contributed by atoms with van der Waals surface area (Å²) in [6.07, 6.45) is 4.21. The molecule has 0 saturated heterocycles. The molecule has 2 N–H and O–H groups in total. The monoisotopic (exact) mass is 248 g/mol. The van der Waals surface area contributed by atoms with E-state index >= 15 is 0 Å². The van der Waals surface area contributed by atoms with Crippen molar-refractivity contribution >= 4 is 6.03 Å². The third-order valence-electron chi connectivity index (χ3n) is 3.02. The van der Waals surface area contributed by atoms with Gasteiger partial charge in [0.25, 0.3) is 0 Å². The number of hydrogen-bond donors (Lipinski definition) is 2. The molecule has 96 valence electrons. The summed E-state index contributed by atoms with van der Waals surface area (Å²) in [5, 5.41) is 5.42. The van der Waals surface area contributed by atoms with Crippen LogP contribution in [0, 0.1) is 11.7 Å². The standard InChI is InChI=1S/C14H17FN2O/c1-10(12-4-5-12)8-16-14(18)17-9-11-2-6-13(15)7-3-11/h2-3,6-8,12H,4-5,9H2,1H3,(H2,16,17,18)/b10-8+. The molecule has 0 unspecified atom stereocenters. The third kappa shape index (κ3) is 3.87. The first-order valence-corrected chi connectivity index (χ1v) is 6.10. The Morgan fingerprint density at radius 2 is 2.06 bits per heavy atom. The molecule has 1 aliphatic carbocycles. The van der Waals surface area contributed by atoms with Crippen molar-refractivity contribution in [2.24, 2.45) is 5.92 Å². The van der Waals surface area contributed by atoms with Crippen LogP contribution in [0.25, 0.3) is 0 Å². The van der Waals surface area contributed by atoms with E-state index in [1.165, 1.54) is 30.5 Å². The Bertz CT molecular complexity index is 449. The molecule has 18 heavy (non-hydrogen) atoms. The predicted octanol–water partition coefficient (Wildman–Crippen LogP) is 2.94. The summed E-state index contributed by atoms with van der Waals surface area (Å²) < 4.78 is 12.7. The Morgan fingerprint density at radius 3 is 2.67 bits per heavy atom. The number of benzene rings is 1. The Balaban J connectivity index is 1.74. The fourth-order valence-corrected chi connectivity index (χ4v) is 1.67. The molecular formula is C14H17FN2O. The van der Waals surface area contributed by atoms with Gasteiger partial charge in [-0.2, -0.15) is 0 Å². The van der Waals surface area contributed by atoms with Gasteiger partial charge in [-0.3, -0.25) is 0 Å². The highest BCUT2D eigenvalue weighted by Gasteiger charge is 2.22. The van der Waals surface area contributed by atoms with Crippen molar-refractivity contribution in [2.45, 2.75) is 26.3 Å². The number of allylic oxidation sites excluding steroid dienone is 1. The molecule has 1 aromatic rings. The quantitative estimate of drug-likeness (QED) is 0.845. The summed E-state index contributed by atoms with van der Waals surface area (Å²) in [7, 11) is 0. The van der Waals surface area contributed by atoms with Gasteiger partial charge in [-0.05, 0) is 43.4 Å². The molecule has 3 nitrogen and oxygen atoms in total. The van der Waals surface area contributed by atoms with Gasteiger partial charge in [0, 0.05) is 12.7 Å². The molecule has 0 heterocycles. The van der Waals surface area contributed by atoms with Crippen molar-refractivity contribution in [3.05, 3.63) is 47.4 Å². The van der Waals surface area contributed by atoms with E-state index in [2.05, 4.69) is 10.6 Å². The number of carbonyl (C=O) groups excluding carboxylic acids is 1. The second kappa shape index (κ2) is 5.67. The van der Waals surface area contributed by atoms with Crippen LogP contribution in [0.5, 0.6) is 0 Å². The van der Waals surface area contributed by atoms with Gasteiger partial charge in [0.05, 0.1) is 0 Å². The minimum absolute atomic E-state index is 0.237. The number of urea groups is 1. The molecule has 0 atom stereocenters. The van der Waals surface area contributed by atoms with Crippen molar-refractivity contribution in [3.63, 3.8) is 0 Å². The first-order chi connectivity index (χ1) is 8.65. The van der Waals surface area contributed by atoms with E-state index in [-0.39, 0.29) is 11.8 Å². The molecule has 1 aromatic carbocycles. The molecule has 0 aliphatic heterocycles. The molecule has 1 fully saturated rings. The Hall–Kier alpha value is -1.84. The molecule has 4 heteroatoms. The summed E-state index contributed by atoms with van der Waals surface area (Å²) >= 11 is 0. The first kappa shape index (κ1) is 12.6. The van der Waals surface area contributed by atoms with E-state index in [0.29, 0.717) is 12.5 Å². The highest BCUT2D eigenvalue weighted by molar-refractivity contribution is 5.74. The van der Waals surface area contributed by atoms with Crippen molar-refractivity contribution in [2.75, 3.05) is 0 Å². The van der Waals surface area contributed by atoms with Gasteiger partial charge in [0.2, 0.25) is 0 Å². The van der Waals surface area contributed by atoms with Gasteiger partial charge in [-0.15, -0.1) is 0 Å². The van der Waals surface area contributed by atoms with Crippen molar-refractivity contribution in [1.29, 1.82) is 0 Å². The summed E-state index contributed by atoms with van der Waals surface area (Å²) in [6, 6.07) is 5.83. The van der Waals surface area contributed by atoms with Gasteiger partial charge < -0.3 is 10.6 Å². The molecular weight excluding hydrogens is 231 g/mol. The maximum absolute atomic E-state index is 12.7. The highest BCUT2D eigenvalue weighted by Crippen LogP contribution is 2.35. The van der Waals surface area contributed by atoms with Crippen molar-refractivity contribution in [1.82, 2.24) is 10.6 Å². The molecule has 0 bridgehead atoms. The number of carbonyl (C=O) groups is 1. The summed E-state index contributed by atoms with van der Waals surface area (Å²) in [5.74, 6) is 0.383. The number of nitrogens with one attached hydrogen (secondary N) is 2. The fraction of sp³-hybridized carbons (Fsp3) is 0.357. The average Bonchev–Trinajstić information content (AvgIpc) is 3.19. The zero-order valence-corrected chi connectivity index (χ0v) is 10.4. The second-order valence-electron chi connectivity index (χ2n) is 4.62. The minimum Gasteiger partial charge on any atom is -0.334 e. The van der Waals surface area contributed by atoms with Gasteiger partial charge in [0.1, 0.15) is 5.82 Å². The lowest BCUT2D eigenvalue weighted by Crippen LogP contribution is -2.31. The highest BCUT2D eigenvalue weighted by atomic mass is 19.1. The molecule has 2 rings (SSSR count). The third-order valence-corrected chi connectivity index (χ3v) is 3.02. The van der Waals surface area contributed by atoms with E-state index in [1.807, 2.05) is 6.92 Å². The lowest BCUT2D eigenvalue weighted by atomic mass is 10.2. The van der Waals surface area contributed by atoms with Crippen LogP contribution in [0.1, 0.15) is 25.3 Å². The van der Waals surface area contributed by atoms with Crippen LogP contribution in [-0.2, 0) is 6.54 Å². The van der Waals surface area contributed by atoms with Crippen molar-refractivity contribution in [3.8, 4) is 0 Å². The van der Waals surface area contributed by atoms with Crippen LogP contribution in [-0.4, -0.2) is 6.03 Å². The SMILES string of the molecule is C/C(=C\NC(=O)NCc1ccc(F)cc1)C1CC1. The maximum atomic E-state index is 12.7. The number of rotatable bonds is 4. The fourth-order valence-electron chi connectivity index (χ4n) is 1.67. The van der Waals surface area contributed by atoms with Gasteiger partial charge in [-0.25, -0.2) is 9.18 Å². The van der Waals surface area contributed by atoms with Crippen LogP contribution in [0.2, 0.25) is 0 Å². The molecule has 0 aromatic heterocycles. The van der Waals surface area contributed by atoms with Gasteiger partial charge in [-0.1, -0.05) is 17.7 Å². The average molecular weight is 248 g/mol. The zero-order valence-electron chi connectivity index (χ0n) is 10.4. The van der Waals surface area contributed by atoms with Crippen LogP contribution in [0.15, 0.2) is 36.0 Å². The summed E-state index contributed by atoms with van der Waals surface area (Å²) in [5.41, 5.74) is 2.08. The molecule has 1 saturated carbocycles. The molecule has 1 aliphatic rings. The minimum atomic E-state index is -0.272. The smallest absolute Gasteiger partial charge is 0.319 e. The predicted molar refractivity (Wildman–Crippen MR) is 68.3 cm³/mol. The van der Waals surface area contributed by atoms with Gasteiger partial charge >= 0.3 is 6.03 Å². The van der Waals surface area contributed by atoms with Gasteiger partial charge in [0.15, 0.2) is 0 Å². The van der Waals surface area contributed by atoms with E-state index in [9.17, 15) is 9.18 Å². The Kier molecular flexibility index (Phi) is 3.97. The lowest BCUT2D eigenvalue weighted by molar-refractivity contribution is 0.243. The van der Waals surface area contributed by atoms with E-state index in [4.69, 9.17) is 0 Å². The number of halogens is 1. The van der Waals surface area contributed by atoms with Crippen LogP contribution < -0.4 is 10.6 Å². The Labute approximate surface area is 106 Å². The van der Waals surface area contributed by atoms with E-state index in [1.54, 1.807) is 18.3 Å².